The van der Waals surface area contributed by atoms with Crippen molar-refractivity contribution in [2.75, 3.05) is 23.7 Å². The summed E-state index contributed by atoms with van der Waals surface area (Å²) in [6.45, 7) is 7.57. The summed E-state index contributed by atoms with van der Waals surface area (Å²) in [7, 11) is -3.77. The molecule has 34 heavy (non-hydrogen) atoms. The van der Waals surface area contributed by atoms with E-state index in [1.165, 1.54) is 4.90 Å². The summed E-state index contributed by atoms with van der Waals surface area (Å²) in [4.78, 5) is 28.0. The minimum Gasteiger partial charge on any atom is -0.354 e. The third-order valence-corrected chi connectivity index (χ3v) is 7.04. The molecule has 0 aliphatic carbocycles. The van der Waals surface area contributed by atoms with Gasteiger partial charge in [0.2, 0.25) is 21.8 Å². The molecule has 9 heteroatoms. The molecule has 0 aliphatic heterocycles. The van der Waals surface area contributed by atoms with Crippen LogP contribution >= 0.6 is 11.6 Å². The van der Waals surface area contributed by atoms with Crippen LogP contribution in [0.5, 0.6) is 0 Å². The van der Waals surface area contributed by atoms with Crippen molar-refractivity contribution in [1.82, 2.24) is 10.2 Å². The second-order valence-electron chi connectivity index (χ2n) is 8.39. The fourth-order valence-corrected chi connectivity index (χ4v) is 4.77. The molecule has 2 amide bonds. The van der Waals surface area contributed by atoms with Gasteiger partial charge in [0, 0.05) is 18.1 Å². The van der Waals surface area contributed by atoms with Crippen molar-refractivity contribution in [3.63, 3.8) is 0 Å². The summed E-state index contributed by atoms with van der Waals surface area (Å²) in [6.07, 6.45) is 2.20. The van der Waals surface area contributed by atoms with Gasteiger partial charge < -0.3 is 10.2 Å². The first kappa shape index (κ1) is 27.7. The Morgan fingerprint density at radius 1 is 1.09 bits per heavy atom. The Labute approximate surface area is 208 Å². The molecule has 186 valence electrons. The maximum atomic E-state index is 13.7. The highest BCUT2D eigenvalue weighted by molar-refractivity contribution is 7.92. The highest BCUT2D eigenvalue weighted by atomic mass is 35.5. The maximum Gasteiger partial charge on any atom is 0.244 e. The van der Waals surface area contributed by atoms with Gasteiger partial charge >= 0.3 is 0 Å². The van der Waals surface area contributed by atoms with Crippen molar-refractivity contribution >= 4 is 39.1 Å². The molecule has 7 nitrogen and oxygen atoms in total. The van der Waals surface area contributed by atoms with Crippen LogP contribution in [-0.2, 0) is 26.2 Å². The third-order valence-electron chi connectivity index (χ3n) is 5.55. The van der Waals surface area contributed by atoms with Gasteiger partial charge in [-0.05, 0) is 55.5 Å². The normalized spacial score (nSPS) is 12.2. The average Bonchev–Trinajstić information content (AvgIpc) is 2.78. The van der Waals surface area contributed by atoms with Crippen LogP contribution < -0.4 is 9.62 Å². The van der Waals surface area contributed by atoms with Gasteiger partial charge in [-0.15, -0.1) is 0 Å². The molecule has 0 heterocycles. The largest absolute Gasteiger partial charge is 0.354 e. The van der Waals surface area contributed by atoms with Crippen LogP contribution in [0.25, 0.3) is 0 Å². The van der Waals surface area contributed by atoms with Crippen molar-refractivity contribution in [2.45, 2.75) is 53.1 Å². The summed E-state index contributed by atoms with van der Waals surface area (Å²) in [6, 6.07) is 11.8. The maximum absolute atomic E-state index is 13.7. The number of carbonyl (C=O) groups is 2. The first-order chi connectivity index (χ1) is 16.0. The SMILES string of the molecule is CCCNC(=O)[C@@H](CC)N(Cc1ccccc1Cl)C(=O)CN(c1cc(C)ccc1C)S(C)(=O)=O. The lowest BCUT2D eigenvalue weighted by Crippen LogP contribution is -2.52. The minimum absolute atomic E-state index is 0.0843. The number of rotatable bonds is 11. The van der Waals surface area contributed by atoms with Crippen molar-refractivity contribution < 1.29 is 18.0 Å². The molecular formula is C25H34ClN3O4S. The average molecular weight is 508 g/mol. The van der Waals surface area contributed by atoms with E-state index >= 15 is 0 Å². The monoisotopic (exact) mass is 507 g/mol. The van der Waals surface area contributed by atoms with Crippen molar-refractivity contribution in [2.24, 2.45) is 0 Å². The molecule has 0 aromatic heterocycles. The zero-order valence-corrected chi connectivity index (χ0v) is 22.0. The number of nitrogens with zero attached hydrogens (tertiary/aromatic N) is 2. The molecule has 1 N–H and O–H groups in total. The van der Waals surface area contributed by atoms with E-state index in [-0.39, 0.29) is 12.5 Å². The lowest BCUT2D eigenvalue weighted by molar-refractivity contribution is -0.140. The fourth-order valence-electron chi connectivity index (χ4n) is 3.68. The number of sulfonamides is 1. The third kappa shape index (κ3) is 7.21. The summed E-state index contributed by atoms with van der Waals surface area (Å²) < 4.78 is 26.6. The van der Waals surface area contributed by atoms with Gasteiger partial charge in [0.1, 0.15) is 12.6 Å². The summed E-state index contributed by atoms with van der Waals surface area (Å²) >= 11 is 6.35. The molecule has 0 aliphatic rings. The first-order valence-corrected chi connectivity index (χ1v) is 13.6. The highest BCUT2D eigenvalue weighted by Gasteiger charge is 2.32. The zero-order valence-electron chi connectivity index (χ0n) is 20.5. The molecule has 0 unspecified atom stereocenters. The summed E-state index contributed by atoms with van der Waals surface area (Å²) in [5.41, 5.74) is 2.73. The quantitative estimate of drug-likeness (QED) is 0.497. The number of amides is 2. The number of hydrogen-bond donors (Lipinski definition) is 1. The molecule has 0 fully saturated rings. The van der Waals surface area contributed by atoms with Gasteiger partial charge in [0.15, 0.2) is 0 Å². The Morgan fingerprint density at radius 2 is 1.76 bits per heavy atom. The molecule has 0 saturated carbocycles. The molecular weight excluding hydrogens is 474 g/mol. The molecule has 0 spiro atoms. The second kappa shape index (κ2) is 12.2. The van der Waals surface area contributed by atoms with Crippen LogP contribution in [-0.4, -0.2) is 50.5 Å². The summed E-state index contributed by atoms with van der Waals surface area (Å²) in [5, 5.41) is 3.32. The van der Waals surface area contributed by atoms with E-state index in [0.717, 1.165) is 28.1 Å². The number of anilines is 1. The van der Waals surface area contributed by atoms with Crippen molar-refractivity contribution in [3.05, 3.63) is 64.2 Å². The Hall–Kier alpha value is -2.58. The molecule has 0 saturated heterocycles. The minimum atomic E-state index is -3.77. The van der Waals surface area contributed by atoms with E-state index in [9.17, 15) is 18.0 Å². The fraction of sp³-hybridized carbons (Fsp3) is 0.440. The first-order valence-electron chi connectivity index (χ1n) is 11.3. The van der Waals surface area contributed by atoms with Crippen LogP contribution in [0.1, 0.15) is 43.4 Å². The lowest BCUT2D eigenvalue weighted by atomic mass is 10.1. The van der Waals surface area contributed by atoms with Crippen molar-refractivity contribution in [1.29, 1.82) is 0 Å². The van der Waals surface area contributed by atoms with Crippen LogP contribution in [0, 0.1) is 13.8 Å². The molecule has 2 rings (SSSR count). The zero-order chi connectivity index (χ0) is 25.5. The number of nitrogens with one attached hydrogen (secondary N) is 1. The van der Waals surface area contributed by atoms with E-state index in [1.807, 2.05) is 32.9 Å². The van der Waals surface area contributed by atoms with E-state index < -0.39 is 28.5 Å². The van der Waals surface area contributed by atoms with Gasteiger partial charge in [-0.1, -0.05) is 55.8 Å². The topological polar surface area (TPSA) is 86.8 Å². The van der Waals surface area contributed by atoms with E-state index in [1.54, 1.807) is 37.3 Å². The van der Waals surface area contributed by atoms with Gasteiger partial charge in [0.25, 0.3) is 0 Å². The van der Waals surface area contributed by atoms with Gasteiger partial charge in [-0.25, -0.2) is 8.42 Å². The molecule has 2 aromatic rings. The highest BCUT2D eigenvalue weighted by Crippen LogP contribution is 2.25. The van der Waals surface area contributed by atoms with Crippen LogP contribution in [0.15, 0.2) is 42.5 Å². The Balaban J connectivity index is 2.48. The number of aryl methyl sites for hydroxylation is 2. The number of halogens is 1. The van der Waals surface area contributed by atoms with Crippen molar-refractivity contribution in [3.8, 4) is 0 Å². The van der Waals surface area contributed by atoms with Crippen LogP contribution in [0.3, 0.4) is 0 Å². The number of benzene rings is 2. The smallest absolute Gasteiger partial charge is 0.244 e. The van der Waals surface area contributed by atoms with Crippen LogP contribution in [0.2, 0.25) is 5.02 Å². The van der Waals surface area contributed by atoms with Crippen LogP contribution in [0.4, 0.5) is 5.69 Å². The predicted octanol–water partition coefficient (Wildman–Crippen LogP) is 4.06. The Morgan fingerprint density at radius 3 is 2.35 bits per heavy atom. The standard InChI is InChI=1S/C25H34ClN3O4S/c1-6-14-27-25(31)22(7-2)28(16-20-10-8-9-11-21(20)26)24(30)17-29(34(5,32)33)23-15-18(3)12-13-19(23)4/h8-13,15,22H,6-7,14,16-17H2,1-5H3,(H,27,31)/t22-/m1/s1. The summed E-state index contributed by atoms with van der Waals surface area (Å²) in [5.74, 6) is -0.757. The van der Waals surface area contributed by atoms with Gasteiger partial charge in [-0.2, -0.15) is 0 Å². The molecule has 2 aromatic carbocycles. The lowest BCUT2D eigenvalue weighted by Gasteiger charge is -2.33. The molecule has 1 atom stereocenters. The Kier molecular flexibility index (Phi) is 9.94. The van der Waals surface area contributed by atoms with Gasteiger partial charge in [0.05, 0.1) is 11.9 Å². The van der Waals surface area contributed by atoms with Gasteiger partial charge in [-0.3, -0.25) is 13.9 Å². The number of hydrogen-bond acceptors (Lipinski definition) is 4. The molecule has 0 radical (unpaired) electrons. The predicted molar refractivity (Wildman–Crippen MR) is 137 cm³/mol. The van der Waals surface area contributed by atoms with E-state index in [2.05, 4.69) is 5.32 Å². The molecule has 0 bridgehead atoms. The Bertz CT molecular complexity index is 1120. The number of carbonyl (C=O) groups excluding carboxylic acids is 2. The second-order valence-corrected chi connectivity index (χ2v) is 10.7. The van der Waals surface area contributed by atoms with E-state index in [0.29, 0.717) is 29.2 Å². The van der Waals surface area contributed by atoms with E-state index in [4.69, 9.17) is 11.6 Å².